The molecule has 1 aromatic heterocycles. The summed E-state index contributed by atoms with van der Waals surface area (Å²) in [5.41, 5.74) is 2.25. The van der Waals surface area contributed by atoms with E-state index in [1.807, 2.05) is 25.1 Å². The fraction of sp³-hybridized carbons (Fsp3) is 0.200. The molecule has 1 heterocycles. The maximum absolute atomic E-state index is 12.9. The third-order valence-corrected chi connectivity index (χ3v) is 4.96. The lowest BCUT2D eigenvalue weighted by Crippen LogP contribution is -2.12. The van der Waals surface area contributed by atoms with Gasteiger partial charge in [-0.3, -0.25) is 4.79 Å². The number of anilines is 1. The zero-order valence-electron chi connectivity index (χ0n) is 15.2. The van der Waals surface area contributed by atoms with Gasteiger partial charge in [0, 0.05) is 0 Å². The van der Waals surface area contributed by atoms with Gasteiger partial charge in [-0.15, -0.1) is 11.3 Å². The first-order chi connectivity index (χ1) is 13.0. The Bertz CT molecular complexity index is 954. The average Bonchev–Trinajstić information content (AvgIpc) is 3.02. The Balaban J connectivity index is 1.71. The van der Waals surface area contributed by atoms with E-state index in [1.54, 1.807) is 26.2 Å². The predicted octanol–water partition coefficient (Wildman–Crippen LogP) is 4.74. The summed E-state index contributed by atoms with van der Waals surface area (Å²) in [6.45, 7) is 3.93. The van der Waals surface area contributed by atoms with Crippen molar-refractivity contribution in [3.63, 3.8) is 0 Å². The Kier molecular flexibility index (Phi) is 5.71. The van der Waals surface area contributed by atoms with E-state index in [0.29, 0.717) is 32.8 Å². The van der Waals surface area contributed by atoms with E-state index in [9.17, 15) is 9.18 Å². The minimum atomic E-state index is -0.321. The molecule has 1 N–H and O–H groups in total. The largest absolute Gasteiger partial charge is 0.495 e. The topological polar surface area (TPSA) is 60.5 Å². The quantitative estimate of drug-likeness (QED) is 0.665. The van der Waals surface area contributed by atoms with Gasteiger partial charge in [0.25, 0.3) is 5.91 Å². The fourth-order valence-corrected chi connectivity index (χ4v) is 3.37. The number of aryl methyl sites for hydroxylation is 2. The number of benzene rings is 2. The number of hydrogen-bond donors (Lipinski definition) is 1. The van der Waals surface area contributed by atoms with Crippen LogP contribution >= 0.6 is 11.3 Å². The first-order valence-electron chi connectivity index (χ1n) is 8.27. The number of ether oxygens (including phenoxy) is 2. The third kappa shape index (κ3) is 4.62. The fourth-order valence-electron chi connectivity index (χ4n) is 2.50. The molecular formula is C20H19FN2O3S. The van der Waals surface area contributed by atoms with Crippen molar-refractivity contribution in [3.05, 3.63) is 69.4 Å². The molecular weight excluding hydrogens is 367 g/mol. The summed E-state index contributed by atoms with van der Waals surface area (Å²) in [5, 5.41) is 3.54. The van der Waals surface area contributed by atoms with E-state index in [4.69, 9.17) is 9.47 Å². The van der Waals surface area contributed by atoms with Gasteiger partial charge in [0.15, 0.2) is 0 Å². The van der Waals surface area contributed by atoms with Gasteiger partial charge in [0.05, 0.1) is 18.5 Å². The van der Waals surface area contributed by atoms with E-state index in [-0.39, 0.29) is 18.3 Å². The van der Waals surface area contributed by atoms with Crippen LogP contribution in [0.4, 0.5) is 10.1 Å². The number of nitrogens with zero attached hydrogens (tertiary/aromatic N) is 1. The second-order valence-corrected chi connectivity index (χ2v) is 7.01. The summed E-state index contributed by atoms with van der Waals surface area (Å²) in [6.07, 6.45) is 0. The van der Waals surface area contributed by atoms with Crippen LogP contribution < -0.4 is 14.8 Å². The van der Waals surface area contributed by atoms with E-state index in [0.717, 1.165) is 5.56 Å². The smallest absolute Gasteiger partial charge is 0.267 e. The van der Waals surface area contributed by atoms with Crippen molar-refractivity contribution in [2.45, 2.75) is 20.5 Å². The predicted molar refractivity (Wildman–Crippen MR) is 103 cm³/mol. The standard InChI is InChI=1S/C20H19FN2O3S/c1-12-4-9-17(25-3)16(10-12)23-20(24)19-13(2)22-18(27-19)11-26-15-7-5-14(21)6-8-15/h4-10H,11H2,1-3H3,(H,23,24). The van der Waals surface area contributed by atoms with Crippen molar-refractivity contribution in [3.8, 4) is 11.5 Å². The van der Waals surface area contributed by atoms with Crippen LogP contribution in [0.3, 0.4) is 0 Å². The number of thiazole rings is 1. The zero-order valence-corrected chi connectivity index (χ0v) is 16.0. The van der Waals surface area contributed by atoms with Crippen molar-refractivity contribution in [1.82, 2.24) is 4.98 Å². The van der Waals surface area contributed by atoms with Crippen LogP contribution in [0.5, 0.6) is 11.5 Å². The first kappa shape index (κ1) is 18.8. The third-order valence-electron chi connectivity index (χ3n) is 3.83. The minimum absolute atomic E-state index is 0.207. The molecule has 3 rings (SSSR count). The second-order valence-electron chi connectivity index (χ2n) is 5.92. The number of methoxy groups -OCH3 is 1. The molecule has 0 aliphatic heterocycles. The SMILES string of the molecule is COc1ccc(C)cc1NC(=O)c1sc(COc2ccc(F)cc2)nc1C. The molecule has 0 aliphatic rings. The molecule has 1 amide bonds. The number of halogens is 1. The van der Waals surface area contributed by atoms with Crippen molar-refractivity contribution in [2.75, 3.05) is 12.4 Å². The average molecular weight is 386 g/mol. The molecule has 0 spiro atoms. The van der Waals surface area contributed by atoms with Crippen LogP contribution in [0.1, 0.15) is 25.9 Å². The van der Waals surface area contributed by atoms with Gasteiger partial charge >= 0.3 is 0 Å². The highest BCUT2D eigenvalue weighted by molar-refractivity contribution is 7.13. The van der Waals surface area contributed by atoms with Crippen LogP contribution in [0.2, 0.25) is 0 Å². The maximum Gasteiger partial charge on any atom is 0.267 e. The van der Waals surface area contributed by atoms with Crippen LogP contribution in [0, 0.1) is 19.7 Å². The van der Waals surface area contributed by atoms with Crippen molar-refractivity contribution >= 4 is 22.9 Å². The van der Waals surface area contributed by atoms with E-state index < -0.39 is 0 Å². The number of nitrogens with one attached hydrogen (secondary N) is 1. The van der Waals surface area contributed by atoms with Gasteiger partial charge < -0.3 is 14.8 Å². The van der Waals surface area contributed by atoms with Crippen molar-refractivity contribution in [2.24, 2.45) is 0 Å². The zero-order chi connectivity index (χ0) is 19.4. The number of amides is 1. The molecule has 27 heavy (non-hydrogen) atoms. The summed E-state index contributed by atoms with van der Waals surface area (Å²) < 4.78 is 23.8. The van der Waals surface area contributed by atoms with E-state index >= 15 is 0 Å². The Labute approximate surface area is 160 Å². The Hall–Kier alpha value is -2.93. The van der Waals surface area contributed by atoms with E-state index in [2.05, 4.69) is 10.3 Å². The molecule has 0 atom stereocenters. The molecule has 2 aromatic carbocycles. The number of carbonyl (C=O) groups is 1. The van der Waals surface area contributed by atoms with Gasteiger partial charge in [-0.05, 0) is 55.8 Å². The molecule has 5 nitrogen and oxygen atoms in total. The Morgan fingerprint density at radius 2 is 1.93 bits per heavy atom. The van der Waals surface area contributed by atoms with Gasteiger partial charge in [-0.25, -0.2) is 9.37 Å². The van der Waals surface area contributed by atoms with Gasteiger partial charge in [0.2, 0.25) is 0 Å². The lowest BCUT2D eigenvalue weighted by molar-refractivity contribution is 0.102. The van der Waals surface area contributed by atoms with Gasteiger partial charge in [-0.2, -0.15) is 0 Å². The maximum atomic E-state index is 12.9. The molecule has 0 unspecified atom stereocenters. The summed E-state index contributed by atoms with van der Waals surface area (Å²) in [7, 11) is 1.56. The lowest BCUT2D eigenvalue weighted by atomic mass is 10.2. The van der Waals surface area contributed by atoms with Crippen molar-refractivity contribution < 1.29 is 18.7 Å². The lowest BCUT2D eigenvalue weighted by Gasteiger charge is -2.10. The van der Waals surface area contributed by atoms with Crippen LogP contribution in [0.15, 0.2) is 42.5 Å². The number of carbonyl (C=O) groups excluding carboxylic acids is 1. The molecule has 7 heteroatoms. The summed E-state index contributed by atoms with van der Waals surface area (Å²) in [5.74, 6) is 0.565. The van der Waals surface area contributed by atoms with Gasteiger partial charge in [-0.1, -0.05) is 6.07 Å². The van der Waals surface area contributed by atoms with Gasteiger partial charge in [0.1, 0.15) is 33.8 Å². The molecule has 0 radical (unpaired) electrons. The molecule has 0 saturated carbocycles. The summed E-state index contributed by atoms with van der Waals surface area (Å²) in [4.78, 5) is 17.6. The minimum Gasteiger partial charge on any atom is -0.495 e. The number of rotatable bonds is 6. The molecule has 0 saturated heterocycles. The molecule has 0 aliphatic carbocycles. The summed E-state index contributed by atoms with van der Waals surface area (Å²) >= 11 is 1.26. The first-order valence-corrected chi connectivity index (χ1v) is 9.08. The molecule has 140 valence electrons. The Morgan fingerprint density at radius 1 is 1.19 bits per heavy atom. The molecule has 3 aromatic rings. The number of hydrogen-bond acceptors (Lipinski definition) is 5. The summed E-state index contributed by atoms with van der Waals surface area (Å²) in [6, 6.07) is 11.3. The van der Waals surface area contributed by atoms with E-state index in [1.165, 1.54) is 23.5 Å². The molecule has 0 bridgehead atoms. The van der Waals surface area contributed by atoms with Crippen LogP contribution in [-0.4, -0.2) is 18.0 Å². The van der Waals surface area contributed by atoms with Crippen molar-refractivity contribution in [1.29, 1.82) is 0 Å². The Morgan fingerprint density at radius 3 is 2.63 bits per heavy atom. The monoisotopic (exact) mass is 386 g/mol. The normalized spacial score (nSPS) is 10.5. The number of aromatic nitrogens is 1. The molecule has 0 fully saturated rings. The highest BCUT2D eigenvalue weighted by Crippen LogP contribution is 2.27. The van der Waals surface area contributed by atoms with Crippen LogP contribution in [-0.2, 0) is 6.61 Å². The highest BCUT2D eigenvalue weighted by Gasteiger charge is 2.17. The highest BCUT2D eigenvalue weighted by atomic mass is 32.1. The second kappa shape index (κ2) is 8.18. The van der Waals surface area contributed by atoms with Crippen LogP contribution in [0.25, 0.3) is 0 Å².